The molecule has 98 valence electrons. The van der Waals surface area contributed by atoms with E-state index in [0.717, 1.165) is 18.5 Å². The number of alkyl halides is 1. The van der Waals surface area contributed by atoms with Crippen molar-refractivity contribution in [2.75, 3.05) is 12.4 Å². The number of hydrogen-bond donors (Lipinski definition) is 1. The fraction of sp³-hybridized carbons (Fsp3) is 0.500. The van der Waals surface area contributed by atoms with Gasteiger partial charge in [-0.05, 0) is 43.0 Å². The first-order valence-corrected chi connectivity index (χ1v) is 6.74. The Bertz CT molecular complexity index is 461. The van der Waals surface area contributed by atoms with Gasteiger partial charge in [0, 0.05) is 24.0 Å². The summed E-state index contributed by atoms with van der Waals surface area (Å²) in [5.74, 6) is 1.15. The lowest BCUT2D eigenvalue weighted by molar-refractivity contribution is 0.0737. The largest absolute Gasteiger partial charge is 0.508 e. The molecule has 1 amide bonds. The Morgan fingerprint density at radius 2 is 2.28 bits per heavy atom. The van der Waals surface area contributed by atoms with Crippen molar-refractivity contribution in [3.63, 3.8) is 0 Å². The molecule has 0 radical (unpaired) electrons. The number of hydrogen-bond acceptors (Lipinski definition) is 2. The van der Waals surface area contributed by atoms with E-state index in [1.165, 1.54) is 0 Å². The van der Waals surface area contributed by atoms with E-state index in [1.807, 2.05) is 4.90 Å². The quantitative estimate of drug-likeness (QED) is 0.837. The molecule has 18 heavy (non-hydrogen) atoms. The second-order valence-electron chi connectivity index (χ2n) is 4.99. The number of likely N-dealkylation sites (tertiary alicyclic amines) is 1. The van der Waals surface area contributed by atoms with Gasteiger partial charge >= 0.3 is 0 Å². The van der Waals surface area contributed by atoms with Crippen molar-refractivity contribution in [3.05, 3.63) is 29.3 Å². The average molecular weight is 268 g/mol. The monoisotopic (exact) mass is 267 g/mol. The first-order valence-electron chi connectivity index (χ1n) is 6.21. The van der Waals surface area contributed by atoms with Crippen LogP contribution in [0.15, 0.2) is 18.2 Å². The van der Waals surface area contributed by atoms with E-state index >= 15 is 0 Å². The summed E-state index contributed by atoms with van der Waals surface area (Å²) in [5, 5.41) is 9.49. The second-order valence-corrected chi connectivity index (χ2v) is 5.30. The summed E-state index contributed by atoms with van der Waals surface area (Å²) in [4.78, 5) is 14.3. The van der Waals surface area contributed by atoms with Gasteiger partial charge in [0.15, 0.2) is 0 Å². The molecule has 0 saturated carbocycles. The highest BCUT2D eigenvalue weighted by atomic mass is 35.5. The van der Waals surface area contributed by atoms with Gasteiger partial charge in [0.05, 0.1) is 0 Å². The van der Waals surface area contributed by atoms with Crippen molar-refractivity contribution in [3.8, 4) is 5.75 Å². The molecule has 2 atom stereocenters. The Kier molecular flexibility index (Phi) is 3.81. The van der Waals surface area contributed by atoms with Gasteiger partial charge in [0.2, 0.25) is 0 Å². The SMILES string of the molecule is Cc1cc(C(=O)N2CCC(C)C2CCl)ccc1O. The molecule has 1 N–H and O–H groups in total. The number of benzene rings is 1. The van der Waals surface area contributed by atoms with Crippen LogP contribution in [-0.2, 0) is 0 Å². The Hall–Kier alpha value is -1.22. The lowest BCUT2D eigenvalue weighted by atomic mass is 10.0. The standard InChI is InChI=1S/C14H18ClNO2/c1-9-5-6-16(12(9)8-15)14(18)11-3-4-13(17)10(2)7-11/h3-4,7,9,12,17H,5-6,8H2,1-2H3. The van der Waals surface area contributed by atoms with Gasteiger partial charge in [-0.3, -0.25) is 4.79 Å². The van der Waals surface area contributed by atoms with E-state index in [0.29, 0.717) is 17.4 Å². The van der Waals surface area contributed by atoms with E-state index in [1.54, 1.807) is 25.1 Å². The summed E-state index contributed by atoms with van der Waals surface area (Å²) in [6, 6.07) is 5.08. The normalized spacial score (nSPS) is 23.4. The number of rotatable bonds is 2. The molecule has 2 rings (SSSR count). The second kappa shape index (κ2) is 5.19. The zero-order valence-electron chi connectivity index (χ0n) is 10.7. The molecule has 1 saturated heterocycles. The van der Waals surface area contributed by atoms with Crippen LogP contribution < -0.4 is 0 Å². The first kappa shape index (κ1) is 13.2. The van der Waals surface area contributed by atoms with E-state index in [4.69, 9.17) is 11.6 Å². The van der Waals surface area contributed by atoms with Crippen LogP contribution in [0.1, 0.15) is 29.3 Å². The highest BCUT2D eigenvalue weighted by Crippen LogP contribution is 2.27. The summed E-state index contributed by atoms with van der Waals surface area (Å²) in [6.45, 7) is 4.68. The molecule has 4 heteroatoms. The number of carbonyl (C=O) groups is 1. The van der Waals surface area contributed by atoms with Gasteiger partial charge in [0.1, 0.15) is 5.75 Å². The van der Waals surface area contributed by atoms with Crippen molar-refractivity contribution >= 4 is 17.5 Å². The highest BCUT2D eigenvalue weighted by Gasteiger charge is 2.34. The Balaban J connectivity index is 2.23. The van der Waals surface area contributed by atoms with Crippen molar-refractivity contribution in [1.82, 2.24) is 4.90 Å². The fourth-order valence-electron chi connectivity index (χ4n) is 2.45. The number of aryl methyl sites for hydroxylation is 1. The van der Waals surface area contributed by atoms with Gasteiger partial charge in [-0.1, -0.05) is 6.92 Å². The number of aromatic hydroxyl groups is 1. The molecule has 0 bridgehead atoms. The van der Waals surface area contributed by atoms with Crippen LogP contribution in [0.4, 0.5) is 0 Å². The fourth-order valence-corrected chi connectivity index (χ4v) is 2.92. The minimum atomic E-state index is 0.00750. The number of halogens is 1. The lowest BCUT2D eigenvalue weighted by Gasteiger charge is -2.25. The summed E-state index contributed by atoms with van der Waals surface area (Å²) < 4.78 is 0. The smallest absolute Gasteiger partial charge is 0.254 e. The Morgan fingerprint density at radius 1 is 1.56 bits per heavy atom. The minimum absolute atomic E-state index is 0.00750. The van der Waals surface area contributed by atoms with Gasteiger partial charge in [-0.15, -0.1) is 11.6 Å². The van der Waals surface area contributed by atoms with Gasteiger partial charge in [-0.2, -0.15) is 0 Å². The number of phenols is 1. The first-order chi connectivity index (χ1) is 8.54. The number of amides is 1. The topological polar surface area (TPSA) is 40.5 Å². The van der Waals surface area contributed by atoms with Crippen molar-refractivity contribution < 1.29 is 9.90 Å². The molecule has 3 nitrogen and oxygen atoms in total. The van der Waals surface area contributed by atoms with E-state index in [9.17, 15) is 9.90 Å². The van der Waals surface area contributed by atoms with Gasteiger partial charge in [-0.25, -0.2) is 0 Å². The molecule has 1 aliphatic rings. The summed E-state index contributed by atoms with van der Waals surface area (Å²) in [7, 11) is 0. The summed E-state index contributed by atoms with van der Waals surface area (Å²) in [5.41, 5.74) is 1.34. The van der Waals surface area contributed by atoms with Gasteiger partial charge < -0.3 is 10.0 Å². The van der Waals surface area contributed by atoms with Crippen molar-refractivity contribution in [2.45, 2.75) is 26.3 Å². The van der Waals surface area contributed by atoms with E-state index in [2.05, 4.69) is 6.92 Å². The van der Waals surface area contributed by atoms with Gasteiger partial charge in [0.25, 0.3) is 5.91 Å². The number of carbonyl (C=O) groups excluding carboxylic acids is 1. The van der Waals surface area contributed by atoms with Crippen LogP contribution in [0.3, 0.4) is 0 Å². The molecule has 0 spiro atoms. The molecule has 2 unspecified atom stereocenters. The average Bonchev–Trinajstić information content (AvgIpc) is 2.73. The third-order valence-corrected chi connectivity index (χ3v) is 4.06. The lowest BCUT2D eigenvalue weighted by Crippen LogP contribution is -2.38. The predicted octanol–water partition coefficient (Wildman–Crippen LogP) is 2.79. The van der Waals surface area contributed by atoms with Crippen molar-refractivity contribution in [2.24, 2.45) is 5.92 Å². The zero-order chi connectivity index (χ0) is 13.3. The molecule has 1 aromatic carbocycles. The molecule has 1 aromatic rings. The maximum atomic E-state index is 12.4. The molecular weight excluding hydrogens is 250 g/mol. The predicted molar refractivity (Wildman–Crippen MR) is 72.2 cm³/mol. The van der Waals surface area contributed by atoms with E-state index < -0.39 is 0 Å². The van der Waals surface area contributed by atoms with Crippen LogP contribution in [0.25, 0.3) is 0 Å². The molecular formula is C14H18ClNO2. The van der Waals surface area contributed by atoms with Crippen LogP contribution in [0.5, 0.6) is 5.75 Å². The Morgan fingerprint density at radius 3 is 2.89 bits per heavy atom. The molecule has 0 aromatic heterocycles. The minimum Gasteiger partial charge on any atom is -0.508 e. The van der Waals surface area contributed by atoms with Crippen LogP contribution in [-0.4, -0.2) is 34.4 Å². The molecule has 1 heterocycles. The number of phenolic OH excluding ortho intramolecular Hbond substituents is 1. The molecule has 1 fully saturated rings. The molecule has 1 aliphatic heterocycles. The zero-order valence-corrected chi connectivity index (χ0v) is 11.4. The van der Waals surface area contributed by atoms with Crippen molar-refractivity contribution in [1.29, 1.82) is 0 Å². The maximum Gasteiger partial charge on any atom is 0.254 e. The van der Waals surface area contributed by atoms with E-state index in [-0.39, 0.29) is 17.7 Å². The Labute approximate surface area is 112 Å². The molecule has 0 aliphatic carbocycles. The number of nitrogens with zero attached hydrogens (tertiary/aromatic N) is 1. The maximum absolute atomic E-state index is 12.4. The highest BCUT2D eigenvalue weighted by molar-refractivity contribution is 6.18. The van der Waals surface area contributed by atoms with Crippen LogP contribution >= 0.6 is 11.6 Å². The third-order valence-electron chi connectivity index (χ3n) is 3.75. The summed E-state index contributed by atoms with van der Waals surface area (Å²) >= 11 is 5.95. The van der Waals surface area contributed by atoms with Crippen LogP contribution in [0.2, 0.25) is 0 Å². The summed E-state index contributed by atoms with van der Waals surface area (Å²) in [6.07, 6.45) is 1.00. The third kappa shape index (κ3) is 2.32. The van der Waals surface area contributed by atoms with Crippen LogP contribution in [0, 0.1) is 12.8 Å².